The van der Waals surface area contributed by atoms with Gasteiger partial charge in [-0.2, -0.15) is 16.1 Å². The van der Waals surface area contributed by atoms with Gasteiger partial charge in [-0.05, 0) is 73.0 Å². The molecule has 1 aliphatic rings. The van der Waals surface area contributed by atoms with Gasteiger partial charge in [0.1, 0.15) is 12.2 Å². The molecule has 2 aromatic rings. The first kappa shape index (κ1) is 22.7. The second-order valence-corrected chi connectivity index (χ2v) is 12.0. The van der Waals surface area contributed by atoms with Gasteiger partial charge in [0.15, 0.2) is 0 Å². The van der Waals surface area contributed by atoms with Crippen molar-refractivity contribution >= 4 is 33.1 Å². The third-order valence-electron chi connectivity index (χ3n) is 5.39. The van der Waals surface area contributed by atoms with Crippen molar-refractivity contribution in [2.24, 2.45) is 0 Å². The molecule has 0 saturated heterocycles. The summed E-state index contributed by atoms with van der Waals surface area (Å²) >= 11 is 1.39. The molecule has 0 radical (unpaired) electrons. The van der Waals surface area contributed by atoms with E-state index in [1.165, 1.54) is 16.9 Å². The van der Waals surface area contributed by atoms with Crippen molar-refractivity contribution in [1.29, 1.82) is 0 Å². The second-order valence-electron chi connectivity index (χ2n) is 8.82. The number of carboxylic acids is 1. The molecular weight excluding hydrogens is 422 g/mol. The normalized spacial score (nSPS) is 16.8. The van der Waals surface area contributed by atoms with Gasteiger partial charge in [0.25, 0.3) is 0 Å². The van der Waals surface area contributed by atoms with Crippen molar-refractivity contribution in [3.05, 3.63) is 57.8 Å². The zero-order valence-corrected chi connectivity index (χ0v) is 19.0. The van der Waals surface area contributed by atoms with Crippen LogP contribution in [0.4, 0.5) is 0 Å². The SMILES string of the molecule is CC(C)(C)S(=O)(=O)NC(CC(=O)CC(=O)O)(c1ccc(C2CC2)cc1)c1ccsc1. The molecule has 1 atom stereocenters. The number of carbonyl (C=O) groups is 2. The summed E-state index contributed by atoms with van der Waals surface area (Å²) in [6, 6.07) is 9.43. The number of nitrogens with one attached hydrogen (secondary N) is 1. The average Bonchev–Trinajstić information content (AvgIpc) is 3.33. The molecule has 1 unspecified atom stereocenters. The lowest BCUT2D eigenvalue weighted by Crippen LogP contribution is -2.53. The van der Waals surface area contributed by atoms with Crippen LogP contribution in [0.1, 0.15) is 69.1 Å². The molecule has 0 bridgehead atoms. The van der Waals surface area contributed by atoms with Gasteiger partial charge in [0, 0.05) is 6.42 Å². The smallest absolute Gasteiger partial charge is 0.310 e. The van der Waals surface area contributed by atoms with E-state index < -0.39 is 38.5 Å². The molecule has 0 spiro atoms. The minimum absolute atomic E-state index is 0.284. The van der Waals surface area contributed by atoms with Crippen molar-refractivity contribution in [3.8, 4) is 0 Å². The number of aliphatic carboxylic acids is 1. The number of benzene rings is 1. The maximum absolute atomic E-state index is 13.2. The number of rotatable bonds is 9. The molecule has 0 aliphatic heterocycles. The minimum Gasteiger partial charge on any atom is -0.481 e. The van der Waals surface area contributed by atoms with Crippen LogP contribution in [-0.4, -0.2) is 30.0 Å². The van der Waals surface area contributed by atoms with Gasteiger partial charge in [-0.3, -0.25) is 9.59 Å². The first-order valence-corrected chi connectivity index (χ1v) is 12.3. The van der Waals surface area contributed by atoms with Gasteiger partial charge in [-0.25, -0.2) is 8.42 Å². The topological polar surface area (TPSA) is 101 Å². The highest BCUT2D eigenvalue weighted by molar-refractivity contribution is 7.90. The Morgan fingerprint density at radius 1 is 1.10 bits per heavy atom. The fraction of sp³-hybridized carbons (Fsp3) is 0.455. The van der Waals surface area contributed by atoms with Crippen LogP contribution in [0.2, 0.25) is 0 Å². The predicted octanol–water partition coefficient (Wildman–Crippen LogP) is 4.02. The van der Waals surface area contributed by atoms with E-state index >= 15 is 0 Å². The summed E-state index contributed by atoms with van der Waals surface area (Å²) in [5.74, 6) is -1.24. The Morgan fingerprint density at radius 2 is 1.73 bits per heavy atom. The molecular formula is C22H27NO5S2. The van der Waals surface area contributed by atoms with E-state index in [0.717, 1.165) is 12.8 Å². The molecule has 8 heteroatoms. The van der Waals surface area contributed by atoms with Crippen LogP contribution in [0.25, 0.3) is 0 Å². The summed E-state index contributed by atoms with van der Waals surface area (Å²) in [5.41, 5.74) is 1.06. The lowest BCUT2D eigenvalue weighted by atomic mass is 9.80. The van der Waals surface area contributed by atoms with Crippen LogP contribution in [0.5, 0.6) is 0 Å². The van der Waals surface area contributed by atoms with Gasteiger partial charge >= 0.3 is 5.97 Å². The molecule has 162 valence electrons. The van der Waals surface area contributed by atoms with E-state index in [-0.39, 0.29) is 6.42 Å². The largest absolute Gasteiger partial charge is 0.481 e. The fourth-order valence-corrected chi connectivity index (χ4v) is 5.20. The molecule has 1 heterocycles. The molecule has 0 amide bonds. The van der Waals surface area contributed by atoms with Crippen molar-refractivity contribution in [1.82, 2.24) is 4.72 Å². The summed E-state index contributed by atoms with van der Waals surface area (Å²) in [7, 11) is -3.86. The van der Waals surface area contributed by atoms with E-state index in [9.17, 15) is 18.0 Å². The highest BCUT2D eigenvalue weighted by Crippen LogP contribution is 2.42. The minimum atomic E-state index is -3.86. The summed E-state index contributed by atoms with van der Waals surface area (Å²) < 4.78 is 28.1. The quantitative estimate of drug-likeness (QED) is 0.563. The first-order chi connectivity index (χ1) is 13.9. The van der Waals surface area contributed by atoms with Crippen molar-refractivity contribution in [2.75, 3.05) is 0 Å². The second kappa shape index (κ2) is 8.24. The van der Waals surface area contributed by atoms with E-state index in [2.05, 4.69) is 4.72 Å². The number of carbonyl (C=O) groups excluding carboxylic acids is 1. The standard InChI is InChI=1S/C22H27NO5S2/c1-21(2,3)30(27,28)23-22(18-10-11-29-14-18,13-19(24)12-20(25)26)17-8-6-16(7-9-17)15-4-5-15/h6-11,14-15,23H,4-5,12-13H2,1-3H3,(H,25,26). The monoisotopic (exact) mass is 449 g/mol. The Hall–Kier alpha value is -2.03. The van der Waals surface area contributed by atoms with Crippen molar-refractivity contribution < 1.29 is 23.1 Å². The van der Waals surface area contributed by atoms with E-state index in [1.807, 2.05) is 29.6 Å². The molecule has 2 N–H and O–H groups in total. The first-order valence-electron chi connectivity index (χ1n) is 9.85. The number of ketones is 1. The summed E-state index contributed by atoms with van der Waals surface area (Å²) in [4.78, 5) is 23.8. The lowest BCUT2D eigenvalue weighted by molar-refractivity contribution is -0.140. The summed E-state index contributed by atoms with van der Waals surface area (Å²) in [6.45, 7) is 4.76. The summed E-state index contributed by atoms with van der Waals surface area (Å²) in [5, 5.41) is 12.7. The Bertz CT molecular complexity index is 1020. The maximum atomic E-state index is 13.2. The molecule has 30 heavy (non-hydrogen) atoms. The molecule has 1 aromatic carbocycles. The van der Waals surface area contributed by atoms with Gasteiger partial charge in [-0.15, -0.1) is 0 Å². The molecule has 3 rings (SSSR count). The van der Waals surface area contributed by atoms with Crippen LogP contribution in [0.15, 0.2) is 41.1 Å². The van der Waals surface area contributed by atoms with Crippen molar-refractivity contribution in [2.45, 2.75) is 62.7 Å². The number of hydrogen-bond donors (Lipinski definition) is 2. The zero-order chi connectivity index (χ0) is 22.2. The molecule has 6 nitrogen and oxygen atoms in total. The number of hydrogen-bond acceptors (Lipinski definition) is 5. The predicted molar refractivity (Wildman–Crippen MR) is 117 cm³/mol. The van der Waals surface area contributed by atoms with Crippen molar-refractivity contribution in [3.63, 3.8) is 0 Å². The molecule has 1 saturated carbocycles. The van der Waals surface area contributed by atoms with E-state index in [4.69, 9.17) is 5.11 Å². The van der Waals surface area contributed by atoms with Gasteiger partial charge in [-0.1, -0.05) is 24.3 Å². The zero-order valence-electron chi connectivity index (χ0n) is 17.3. The van der Waals surface area contributed by atoms with Crippen LogP contribution in [0.3, 0.4) is 0 Å². The van der Waals surface area contributed by atoms with Gasteiger partial charge < -0.3 is 5.11 Å². The molecule has 1 aromatic heterocycles. The van der Waals surface area contributed by atoms with Crippen LogP contribution < -0.4 is 4.72 Å². The van der Waals surface area contributed by atoms with Crippen LogP contribution in [-0.2, 0) is 25.2 Å². The third kappa shape index (κ3) is 4.82. The Labute approximate surface area is 181 Å². The van der Waals surface area contributed by atoms with Crippen LogP contribution in [0, 0.1) is 0 Å². The Balaban J connectivity index is 2.14. The number of Topliss-reactive ketones (excluding diaryl/α,β-unsaturated/α-hetero) is 1. The fourth-order valence-electron chi connectivity index (χ4n) is 3.40. The highest BCUT2D eigenvalue weighted by Gasteiger charge is 2.44. The summed E-state index contributed by atoms with van der Waals surface area (Å²) in [6.07, 6.45) is 1.34. The molecule has 1 aliphatic carbocycles. The number of sulfonamides is 1. The van der Waals surface area contributed by atoms with E-state index in [0.29, 0.717) is 17.0 Å². The third-order valence-corrected chi connectivity index (χ3v) is 8.30. The van der Waals surface area contributed by atoms with Gasteiger partial charge in [0.05, 0.1) is 10.3 Å². The maximum Gasteiger partial charge on any atom is 0.310 e. The number of carboxylic acid groups (broad SMARTS) is 1. The van der Waals surface area contributed by atoms with Gasteiger partial charge in [0.2, 0.25) is 10.0 Å². The lowest BCUT2D eigenvalue weighted by Gasteiger charge is -2.37. The Morgan fingerprint density at radius 3 is 2.20 bits per heavy atom. The Kier molecular flexibility index (Phi) is 6.23. The highest BCUT2D eigenvalue weighted by atomic mass is 32.2. The van der Waals surface area contributed by atoms with E-state index in [1.54, 1.807) is 32.2 Å². The molecule has 1 fully saturated rings. The van der Waals surface area contributed by atoms with Crippen LogP contribution >= 0.6 is 11.3 Å². The average molecular weight is 450 g/mol. The number of thiophene rings is 1.